The summed E-state index contributed by atoms with van der Waals surface area (Å²) in [4.78, 5) is 16.0. The number of amides is 1. The van der Waals surface area contributed by atoms with E-state index in [9.17, 15) is 9.90 Å². The monoisotopic (exact) mass is 364 g/mol. The molecule has 0 aromatic heterocycles. The third-order valence-electron chi connectivity index (χ3n) is 4.38. The van der Waals surface area contributed by atoms with E-state index in [1.807, 2.05) is 45.0 Å². The summed E-state index contributed by atoms with van der Waals surface area (Å²) >= 11 is 0. The number of β-amino-alcohol motifs (C(OH)–C–C–N with tert-alkyl or cyclic N) is 1. The molecule has 0 aliphatic carbocycles. The van der Waals surface area contributed by atoms with E-state index in [4.69, 9.17) is 9.47 Å². The molecule has 1 amide bonds. The molecule has 0 saturated carbocycles. The van der Waals surface area contributed by atoms with Gasteiger partial charge in [0.15, 0.2) is 0 Å². The van der Waals surface area contributed by atoms with Crippen molar-refractivity contribution < 1.29 is 19.4 Å². The van der Waals surface area contributed by atoms with Gasteiger partial charge in [0.25, 0.3) is 0 Å². The number of rotatable bonds is 7. The fourth-order valence-electron chi connectivity index (χ4n) is 2.92. The number of nitrogens with zero attached hydrogens (tertiary/aromatic N) is 2. The predicted molar refractivity (Wildman–Crippen MR) is 101 cm³/mol. The van der Waals surface area contributed by atoms with E-state index in [-0.39, 0.29) is 12.7 Å². The van der Waals surface area contributed by atoms with Crippen LogP contribution in [0.2, 0.25) is 0 Å². The first kappa shape index (κ1) is 20.5. The maximum atomic E-state index is 12.1. The molecular formula is C20H32N2O4. The smallest absolute Gasteiger partial charge is 0.409 e. The molecule has 1 saturated heterocycles. The normalized spacial score (nSPS) is 17.0. The topological polar surface area (TPSA) is 62.2 Å². The maximum absolute atomic E-state index is 12.1. The third kappa shape index (κ3) is 6.84. The van der Waals surface area contributed by atoms with Gasteiger partial charge in [-0.25, -0.2) is 4.79 Å². The first-order valence-corrected chi connectivity index (χ1v) is 9.46. The Morgan fingerprint density at radius 2 is 1.92 bits per heavy atom. The minimum atomic E-state index is -0.561. The highest BCUT2D eigenvalue weighted by Gasteiger charge is 2.22. The maximum Gasteiger partial charge on any atom is 0.409 e. The van der Waals surface area contributed by atoms with Gasteiger partial charge in [0, 0.05) is 32.7 Å². The van der Waals surface area contributed by atoms with Crippen molar-refractivity contribution in [3.05, 3.63) is 29.8 Å². The summed E-state index contributed by atoms with van der Waals surface area (Å²) in [5, 5.41) is 10.3. The van der Waals surface area contributed by atoms with E-state index in [0.717, 1.165) is 30.8 Å². The molecule has 1 aromatic rings. The van der Waals surface area contributed by atoms with Gasteiger partial charge < -0.3 is 19.5 Å². The van der Waals surface area contributed by atoms with E-state index in [2.05, 4.69) is 4.90 Å². The van der Waals surface area contributed by atoms with Crippen molar-refractivity contribution in [2.75, 3.05) is 45.9 Å². The van der Waals surface area contributed by atoms with E-state index in [1.165, 1.54) is 0 Å². The molecular weight excluding hydrogens is 332 g/mol. The number of ether oxygens (including phenoxy) is 2. The van der Waals surface area contributed by atoms with Crippen LogP contribution in [0.3, 0.4) is 0 Å². The van der Waals surface area contributed by atoms with Crippen molar-refractivity contribution >= 4 is 6.09 Å². The molecule has 26 heavy (non-hydrogen) atoms. The zero-order valence-corrected chi connectivity index (χ0v) is 16.2. The molecule has 1 atom stereocenters. The van der Waals surface area contributed by atoms with Gasteiger partial charge in [0.2, 0.25) is 0 Å². The van der Waals surface area contributed by atoms with E-state index in [1.54, 1.807) is 4.90 Å². The second kappa shape index (κ2) is 10.4. The van der Waals surface area contributed by atoms with Gasteiger partial charge in [-0.05, 0) is 30.9 Å². The van der Waals surface area contributed by atoms with Crippen LogP contribution in [0.1, 0.15) is 25.8 Å². The molecule has 0 bridgehead atoms. The molecule has 1 aromatic carbocycles. The largest absolute Gasteiger partial charge is 0.491 e. The predicted octanol–water partition coefficient (Wildman–Crippen LogP) is 2.54. The molecule has 1 aliphatic rings. The molecule has 6 heteroatoms. The molecule has 0 spiro atoms. The molecule has 1 heterocycles. The number of aliphatic hydroxyl groups is 1. The van der Waals surface area contributed by atoms with Gasteiger partial charge in [-0.2, -0.15) is 0 Å². The highest BCUT2D eigenvalue weighted by atomic mass is 16.6. The average molecular weight is 364 g/mol. The summed E-state index contributed by atoms with van der Waals surface area (Å²) in [6.45, 7) is 10.2. The van der Waals surface area contributed by atoms with Gasteiger partial charge >= 0.3 is 6.09 Å². The van der Waals surface area contributed by atoms with Crippen LogP contribution >= 0.6 is 0 Å². The first-order valence-electron chi connectivity index (χ1n) is 9.46. The molecule has 2 rings (SSSR count). The molecule has 6 nitrogen and oxygen atoms in total. The lowest BCUT2D eigenvalue weighted by molar-refractivity contribution is 0.0677. The second-order valence-electron chi connectivity index (χ2n) is 7.34. The van der Waals surface area contributed by atoms with Crippen LogP contribution in [-0.2, 0) is 4.74 Å². The van der Waals surface area contributed by atoms with Crippen molar-refractivity contribution in [3.8, 4) is 5.75 Å². The summed E-state index contributed by atoms with van der Waals surface area (Å²) in [5.74, 6) is 1.15. The molecule has 1 N–H and O–H groups in total. The number of benzene rings is 1. The summed E-state index contributed by atoms with van der Waals surface area (Å²) in [7, 11) is 0. The Kier molecular flexibility index (Phi) is 8.19. The Morgan fingerprint density at radius 3 is 2.65 bits per heavy atom. The number of carbonyl (C=O) groups is 1. The fraction of sp³-hybridized carbons (Fsp3) is 0.650. The SMILES string of the molecule is Cc1ccccc1OCC(O)CN1CCCN(C(=O)OCC(C)C)CC1. The zero-order chi connectivity index (χ0) is 18.9. The van der Waals surface area contributed by atoms with Gasteiger partial charge in [0.1, 0.15) is 18.5 Å². The Labute approximate surface area is 156 Å². The zero-order valence-electron chi connectivity index (χ0n) is 16.2. The van der Waals surface area contributed by atoms with E-state index in [0.29, 0.717) is 32.2 Å². The number of aliphatic hydroxyl groups excluding tert-OH is 1. The van der Waals surface area contributed by atoms with Gasteiger partial charge in [-0.15, -0.1) is 0 Å². The standard InChI is InChI=1S/C20H32N2O4/c1-16(2)14-26-20(24)22-10-6-9-21(11-12-22)13-18(23)15-25-19-8-5-4-7-17(19)3/h4-5,7-8,16,18,23H,6,9-15H2,1-3H3. The highest BCUT2D eigenvalue weighted by Crippen LogP contribution is 2.16. The third-order valence-corrected chi connectivity index (χ3v) is 4.38. The number of hydrogen-bond donors (Lipinski definition) is 1. The lowest BCUT2D eigenvalue weighted by Gasteiger charge is -2.24. The summed E-state index contributed by atoms with van der Waals surface area (Å²) in [5.41, 5.74) is 1.06. The number of hydrogen-bond acceptors (Lipinski definition) is 5. The quantitative estimate of drug-likeness (QED) is 0.806. The van der Waals surface area contributed by atoms with Crippen LogP contribution in [0.25, 0.3) is 0 Å². The van der Waals surface area contributed by atoms with Gasteiger partial charge in [-0.3, -0.25) is 4.90 Å². The number of carbonyl (C=O) groups excluding carboxylic acids is 1. The first-order chi connectivity index (χ1) is 12.5. The summed E-state index contributed by atoms with van der Waals surface area (Å²) in [6.07, 6.45) is 0.0836. The van der Waals surface area contributed by atoms with Crippen LogP contribution in [0.4, 0.5) is 4.79 Å². The van der Waals surface area contributed by atoms with Crippen LogP contribution in [0.15, 0.2) is 24.3 Å². The molecule has 1 unspecified atom stereocenters. The van der Waals surface area contributed by atoms with Crippen molar-refractivity contribution in [1.29, 1.82) is 0 Å². The number of para-hydroxylation sites is 1. The van der Waals surface area contributed by atoms with Gasteiger partial charge in [-0.1, -0.05) is 32.0 Å². The average Bonchev–Trinajstić information content (AvgIpc) is 2.84. The van der Waals surface area contributed by atoms with Crippen LogP contribution < -0.4 is 4.74 Å². The van der Waals surface area contributed by atoms with Gasteiger partial charge in [0.05, 0.1) is 6.61 Å². The van der Waals surface area contributed by atoms with Crippen molar-refractivity contribution in [2.24, 2.45) is 5.92 Å². The highest BCUT2D eigenvalue weighted by molar-refractivity contribution is 5.67. The minimum absolute atomic E-state index is 0.232. The van der Waals surface area contributed by atoms with Crippen LogP contribution in [-0.4, -0.2) is 73.0 Å². The lowest BCUT2D eigenvalue weighted by atomic mass is 10.2. The van der Waals surface area contributed by atoms with Crippen molar-refractivity contribution in [2.45, 2.75) is 33.3 Å². The number of aryl methyl sites for hydroxylation is 1. The molecule has 0 radical (unpaired) electrons. The molecule has 146 valence electrons. The molecule has 1 aliphatic heterocycles. The Hall–Kier alpha value is -1.79. The Morgan fingerprint density at radius 1 is 1.15 bits per heavy atom. The van der Waals surface area contributed by atoms with Crippen molar-refractivity contribution in [1.82, 2.24) is 9.80 Å². The fourth-order valence-corrected chi connectivity index (χ4v) is 2.92. The van der Waals surface area contributed by atoms with E-state index < -0.39 is 6.10 Å². The Balaban J connectivity index is 1.73. The van der Waals surface area contributed by atoms with Crippen LogP contribution in [0, 0.1) is 12.8 Å². The Bertz CT molecular complexity index is 564. The summed E-state index contributed by atoms with van der Waals surface area (Å²) in [6, 6.07) is 7.79. The van der Waals surface area contributed by atoms with E-state index >= 15 is 0 Å². The van der Waals surface area contributed by atoms with Crippen molar-refractivity contribution in [3.63, 3.8) is 0 Å². The van der Waals surface area contributed by atoms with Crippen LogP contribution in [0.5, 0.6) is 5.75 Å². The molecule has 1 fully saturated rings. The summed E-state index contributed by atoms with van der Waals surface area (Å²) < 4.78 is 11.0. The second-order valence-corrected chi connectivity index (χ2v) is 7.34. The lowest BCUT2D eigenvalue weighted by Crippen LogP contribution is -2.39. The minimum Gasteiger partial charge on any atom is -0.491 e.